The molecule has 1 amide bonds. The van der Waals surface area contributed by atoms with Gasteiger partial charge in [-0.25, -0.2) is 4.79 Å². The number of ether oxygens (including phenoxy) is 2. The van der Waals surface area contributed by atoms with E-state index in [-0.39, 0.29) is 12.5 Å². The first-order valence-electron chi connectivity index (χ1n) is 9.56. The molecule has 2 aromatic rings. The van der Waals surface area contributed by atoms with Crippen molar-refractivity contribution in [2.75, 3.05) is 43.1 Å². The number of hydrogen-bond donors (Lipinski definition) is 1. The summed E-state index contributed by atoms with van der Waals surface area (Å²) in [6.07, 6.45) is 1.97. The Balaban J connectivity index is 1.48. The van der Waals surface area contributed by atoms with E-state index < -0.39 is 5.97 Å². The van der Waals surface area contributed by atoms with Gasteiger partial charge in [0.25, 0.3) is 5.91 Å². The zero-order valence-corrected chi connectivity index (χ0v) is 17.1. The molecule has 28 heavy (non-hydrogen) atoms. The first kappa shape index (κ1) is 20.4. The van der Waals surface area contributed by atoms with E-state index in [1.54, 1.807) is 0 Å². The molecule has 1 N–H and O–H groups in total. The van der Waals surface area contributed by atoms with Crippen molar-refractivity contribution in [3.8, 4) is 0 Å². The van der Waals surface area contributed by atoms with Gasteiger partial charge in [-0.3, -0.25) is 4.79 Å². The quantitative estimate of drug-likeness (QED) is 0.716. The number of amides is 1. The fourth-order valence-corrected chi connectivity index (χ4v) is 4.08. The van der Waals surface area contributed by atoms with Gasteiger partial charge in [-0.1, -0.05) is 13.3 Å². The van der Waals surface area contributed by atoms with Crippen molar-refractivity contribution in [1.29, 1.82) is 0 Å². The average molecular weight is 403 g/mol. The number of thiophene rings is 1. The van der Waals surface area contributed by atoms with Crippen LogP contribution in [0.15, 0.2) is 30.3 Å². The maximum absolute atomic E-state index is 12.2. The summed E-state index contributed by atoms with van der Waals surface area (Å²) in [6, 6.07) is 9.51. The second-order valence-corrected chi connectivity index (χ2v) is 7.97. The molecule has 0 radical (unpaired) electrons. The standard InChI is InChI=1S/C21H26N2O4S/c1-3-4-16-13-19(28-15(16)2)21(25)27-14-20(24)22-17-5-7-18(8-6-17)23-9-11-26-12-10-23/h5-8,13H,3-4,9-12,14H2,1-2H3,(H,22,24). The van der Waals surface area contributed by atoms with Crippen LogP contribution in [0.25, 0.3) is 0 Å². The maximum atomic E-state index is 12.2. The van der Waals surface area contributed by atoms with Crippen molar-refractivity contribution in [1.82, 2.24) is 0 Å². The SMILES string of the molecule is CCCc1cc(C(=O)OCC(=O)Nc2ccc(N3CCOCC3)cc2)sc1C. The fraction of sp³-hybridized carbons (Fsp3) is 0.429. The normalized spacial score (nSPS) is 14.0. The molecule has 7 heteroatoms. The molecular weight excluding hydrogens is 376 g/mol. The van der Waals surface area contributed by atoms with Crippen molar-refractivity contribution in [3.63, 3.8) is 0 Å². The Kier molecular flexibility index (Phi) is 7.06. The molecular formula is C21H26N2O4S. The molecule has 1 fully saturated rings. The van der Waals surface area contributed by atoms with Crippen molar-refractivity contribution in [2.45, 2.75) is 26.7 Å². The zero-order chi connectivity index (χ0) is 19.9. The summed E-state index contributed by atoms with van der Waals surface area (Å²) in [5.41, 5.74) is 2.95. The van der Waals surface area contributed by atoms with E-state index in [1.807, 2.05) is 37.3 Å². The first-order chi connectivity index (χ1) is 13.6. The van der Waals surface area contributed by atoms with Crippen LogP contribution in [0.1, 0.15) is 33.5 Å². The summed E-state index contributed by atoms with van der Waals surface area (Å²) < 4.78 is 10.5. The van der Waals surface area contributed by atoms with Gasteiger partial charge < -0.3 is 19.7 Å². The van der Waals surface area contributed by atoms with E-state index in [1.165, 1.54) is 16.9 Å². The van der Waals surface area contributed by atoms with Gasteiger partial charge >= 0.3 is 5.97 Å². The van der Waals surface area contributed by atoms with E-state index in [4.69, 9.17) is 9.47 Å². The minimum atomic E-state index is -0.451. The minimum absolute atomic E-state index is 0.301. The number of anilines is 2. The number of carbonyl (C=O) groups is 2. The molecule has 1 aliphatic heterocycles. The van der Waals surface area contributed by atoms with Crippen LogP contribution in [-0.2, 0) is 20.7 Å². The predicted octanol–water partition coefficient (Wildman–Crippen LogP) is 3.64. The van der Waals surface area contributed by atoms with Crippen molar-refractivity contribution < 1.29 is 19.1 Å². The summed E-state index contributed by atoms with van der Waals surface area (Å²) in [5.74, 6) is -0.803. The third-order valence-electron chi connectivity index (χ3n) is 4.60. The molecule has 1 aliphatic rings. The number of carbonyl (C=O) groups excluding carboxylic acids is 2. The molecule has 0 aliphatic carbocycles. The summed E-state index contributed by atoms with van der Waals surface area (Å²) in [7, 11) is 0. The van der Waals surface area contributed by atoms with Crippen LogP contribution in [0.4, 0.5) is 11.4 Å². The molecule has 0 atom stereocenters. The summed E-state index contributed by atoms with van der Waals surface area (Å²) in [4.78, 5) is 28.2. The Hall–Kier alpha value is -2.38. The fourth-order valence-electron chi connectivity index (χ4n) is 3.11. The van der Waals surface area contributed by atoms with Gasteiger partial charge in [0, 0.05) is 29.3 Å². The third-order valence-corrected chi connectivity index (χ3v) is 5.68. The molecule has 3 rings (SSSR count). The van der Waals surface area contributed by atoms with Gasteiger partial charge in [0.2, 0.25) is 0 Å². The summed E-state index contributed by atoms with van der Waals surface area (Å²) >= 11 is 1.41. The topological polar surface area (TPSA) is 67.9 Å². The second-order valence-electron chi connectivity index (χ2n) is 6.71. The number of esters is 1. The highest BCUT2D eigenvalue weighted by Crippen LogP contribution is 2.23. The lowest BCUT2D eigenvalue weighted by molar-refractivity contribution is -0.119. The predicted molar refractivity (Wildman–Crippen MR) is 111 cm³/mol. The number of aryl methyl sites for hydroxylation is 2. The Morgan fingerprint density at radius 1 is 1.21 bits per heavy atom. The molecule has 6 nitrogen and oxygen atoms in total. The second kappa shape index (κ2) is 9.71. The van der Waals surface area contributed by atoms with Gasteiger partial charge in [-0.2, -0.15) is 0 Å². The molecule has 0 saturated carbocycles. The van der Waals surface area contributed by atoms with Crippen LogP contribution in [0.2, 0.25) is 0 Å². The number of morpholine rings is 1. The smallest absolute Gasteiger partial charge is 0.348 e. The molecule has 2 heterocycles. The van der Waals surface area contributed by atoms with Gasteiger partial charge in [0.15, 0.2) is 6.61 Å². The molecule has 1 aromatic carbocycles. The molecule has 0 bridgehead atoms. The monoisotopic (exact) mass is 402 g/mol. The Morgan fingerprint density at radius 2 is 1.93 bits per heavy atom. The molecule has 0 unspecified atom stereocenters. The van der Waals surface area contributed by atoms with Gasteiger partial charge in [0.1, 0.15) is 4.88 Å². The summed E-state index contributed by atoms with van der Waals surface area (Å²) in [6.45, 7) is 6.99. The molecule has 1 aromatic heterocycles. The lowest BCUT2D eigenvalue weighted by Gasteiger charge is -2.28. The van der Waals surface area contributed by atoms with Crippen molar-refractivity contribution in [2.24, 2.45) is 0 Å². The van der Waals surface area contributed by atoms with Crippen molar-refractivity contribution >= 4 is 34.6 Å². The van der Waals surface area contributed by atoms with E-state index in [0.29, 0.717) is 10.6 Å². The highest BCUT2D eigenvalue weighted by Gasteiger charge is 2.15. The molecule has 150 valence electrons. The van der Waals surface area contributed by atoms with Gasteiger partial charge in [0.05, 0.1) is 13.2 Å². The van der Waals surface area contributed by atoms with Crippen LogP contribution in [0, 0.1) is 6.92 Å². The Labute approximate surface area is 169 Å². The first-order valence-corrected chi connectivity index (χ1v) is 10.4. The number of rotatable bonds is 7. The number of nitrogens with zero attached hydrogens (tertiary/aromatic N) is 1. The van der Waals surface area contributed by atoms with Crippen LogP contribution >= 0.6 is 11.3 Å². The molecule has 1 saturated heterocycles. The Bertz CT molecular complexity index is 810. The lowest BCUT2D eigenvalue weighted by atomic mass is 10.1. The van der Waals surface area contributed by atoms with Gasteiger partial charge in [-0.15, -0.1) is 11.3 Å². The largest absolute Gasteiger partial charge is 0.451 e. The lowest BCUT2D eigenvalue weighted by Crippen LogP contribution is -2.36. The van der Waals surface area contributed by atoms with Gasteiger partial charge in [-0.05, 0) is 49.2 Å². The van der Waals surface area contributed by atoms with E-state index in [9.17, 15) is 9.59 Å². The molecule has 0 spiro atoms. The van der Waals surface area contributed by atoms with Crippen LogP contribution in [0.5, 0.6) is 0 Å². The summed E-state index contributed by atoms with van der Waals surface area (Å²) in [5, 5.41) is 2.76. The average Bonchev–Trinajstić information content (AvgIpc) is 3.08. The van der Waals surface area contributed by atoms with Crippen LogP contribution in [0.3, 0.4) is 0 Å². The highest BCUT2D eigenvalue weighted by molar-refractivity contribution is 7.14. The number of hydrogen-bond acceptors (Lipinski definition) is 6. The number of benzene rings is 1. The maximum Gasteiger partial charge on any atom is 0.348 e. The van der Waals surface area contributed by atoms with Crippen LogP contribution in [-0.4, -0.2) is 44.8 Å². The van der Waals surface area contributed by atoms with E-state index in [0.717, 1.165) is 49.7 Å². The highest BCUT2D eigenvalue weighted by atomic mass is 32.1. The zero-order valence-electron chi connectivity index (χ0n) is 16.3. The Morgan fingerprint density at radius 3 is 2.61 bits per heavy atom. The minimum Gasteiger partial charge on any atom is -0.451 e. The van der Waals surface area contributed by atoms with E-state index in [2.05, 4.69) is 17.1 Å². The third kappa shape index (κ3) is 5.33. The van der Waals surface area contributed by atoms with Crippen molar-refractivity contribution in [3.05, 3.63) is 45.6 Å². The van der Waals surface area contributed by atoms with E-state index >= 15 is 0 Å². The van der Waals surface area contributed by atoms with Crippen LogP contribution < -0.4 is 10.2 Å². The number of nitrogens with one attached hydrogen (secondary N) is 1.